The van der Waals surface area contributed by atoms with Crippen LogP contribution in [0.5, 0.6) is 0 Å². The second-order valence-corrected chi connectivity index (χ2v) is 7.08. The maximum absolute atomic E-state index is 12.8. The molecule has 1 aliphatic carbocycles. The van der Waals surface area contributed by atoms with Crippen molar-refractivity contribution in [3.05, 3.63) is 36.0 Å². The van der Waals surface area contributed by atoms with Gasteiger partial charge in [-0.05, 0) is 38.3 Å². The van der Waals surface area contributed by atoms with Gasteiger partial charge in [0.25, 0.3) is 5.91 Å². The third-order valence-electron chi connectivity index (χ3n) is 5.30. The Morgan fingerprint density at radius 3 is 2.69 bits per heavy atom. The van der Waals surface area contributed by atoms with Crippen LogP contribution in [0.1, 0.15) is 51.5 Å². The minimum Gasteiger partial charge on any atom is -0.452 e. The zero-order chi connectivity index (χ0) is 18.5. The van der Waals surface area contributed by atoms with Crippen LogP contribution < -0.4 is 0 Å². The third-order valence-corrected chi connectivity index (χ3v) is 5.30. The van der Waals surface area contributed by atoms with Crippen LogP contribution in [0.3, 0.4) is 0 Å². The molecule has 5 heteroatoms. The molecule has 1 heterocycles. The van der Waals surface area contributed by atoms with Crippen molar-refractivity contribution in [2.24, 2.45) is 0 Å². The largest absolute Gasteiger partial charge is 0.452 e. The Hall–Kier alpha value is -2.30. The number of aromatic nitrogens is 1. The number of fused-ring (bicyclic) bond motifs is 1. The number of nitrogens with zero attached hydrogens (tertiary/aromatic N) is 1. The molecular weight excluding hydrogens is 328 g/mol. The number of hydrogen-bond acceptors (Lipinski definition) is 3. The smallest absolute Gasteiger partial charge is 0.311 e. The van der Waals surface area contributed by atoms with Gasteiger partial charge in [-0.25, -0.2) is 0 Å². The van der Waals surface area contributed by atoms with Crippen molar-refractivity contribution in [3.8, 4) is 0 Å². The highest BCUT2D eigenvalue weighted by Crippen LogP contribution is 2.23. The molecule has 140 valence electrons. The van der Waals surface area contributed by atoms with Gasteiger partial charge in [0.2, 0.25) is 0 Å². The molecule has 0 saturated heterocycles. The fourth-order valence-electron chi connectivity index (χ4n) is 3.94. The summed E-state index contributed by atoms with van der Waals surface area (Å²) < 4.78 is 5.46. The van der Waals surface area contributed by atoms with Crippen molar-refractivity contribution in [3.63, 3.8) is 0 Å². The van der Waals surface area contributed by atoms with Gasteiger partial charge in [0.05, 0.1) is 6.42 Å². The van der Waals surface area contributed by atoms with Crippen LogP contribution >= 0.6 is 0 Å². The van der Waals surface area contributed by atoms with Crippen LogP contribution in [0.15, 0.2) is 30.5 Å². The number of para-hydroxylation sites is 1. The molecule has 1 fully saturated rings. The number of carbonyl (C=O) groups excluding carboxylic acids is 2. The molecule has 5 nitrogen and oxygen atoms in total. The Bertz CT molecular complexity index is 761. The molecule has 0 radical (unpaired) electrons. The van der Waals surface area contributed by atoms with Crippen LogP contribution in [0, 0.1) is 0 Å². The van der Waals surface area contributed by atoms with Crippen molar-refractivity contribution >= 4 is 22.8 Å². The van der Waals surface area contributed by atoms with Gasteiger partial charge in [0.15, 0.2) is 6.10 Å². The lowest BCUT2D eigenvalue weighted by Crippen LogP contribution is -2.46. The number of nitrogens with one attached hydrogen (secondary N) is 1. The predicted molar refractivity (Wildman–Crippen MR) is 102 cm³/mol. The van der Waals surface area contributed by atoms with Crippen LogP contribution in [0.4, 0.5) is 0 Å². The molecule has 1 aromatic heterocycles. The molecule has 1 atom stereocenters. The standard InChI is InChI=1S/C21H28N2O3/c1-3-23(17-9-5-4-6-10-17)21(25)15(2)26-20(24)13-16-14-22-19-12-8-7-11-18(16)19/h7-8,11-12,14-15,17,22H,3-6,9-10,13H2,1-2H3. The number of amides is 1. The van der Waals surface area contributed by atoms with Crippen molar-refractivity contribution in [1.29, 1.82) is 0 Å². The number of hydrogen-bond donors (Lipinski definition) is 1. The number of carbonyl (C=O) groups is 2. The summed E-state index contributed by atoms with van der Waals surface area (Å²) >= 11 is 0. The molecule has 0 aliphatic heterocycles. The average Bonchev–Trinajstić information content (AvgIpc) is 3.06. The third kappa shape index (κ3) is 4.09. The topological polar surface area (TPSA) is 62.4 Å². The summed E-state index contributed by atoms with van der Waals surface area (Å²) in [5, 5.41) is 1.01. The lowest BCUT2D eigenvalue weighted by Gasteiger charge is -2.35. The molecule has 1 aliphatic rings. The highest BCUT2D eigenvalue weighted by atomic mass is 16.5. The Balaban J connectivity index is 1.60. The van der Waals surface area contributed by atoms with E-state index in [4.69, 9.17) is 4.74 Å². The summed E-state index contributed by atoms with van der Waals surface area (Å²) in [5.41, 5.74) is 1.89. The molecule has 0 bridgehead atoms. The number of benzene rings is 1. The van der Waals surface area contributed by atoms with E-state index in [0.29, 0.717) is 6.54 Å². The highest BCUT2D eigenvalue weighted by Gasteiger charge is 2.29. The maximum Gasteiger partial charge on any atom is 0.311 e. The van der Waals surface area contributed by atoms with E-state index in [2.05, 4.69) is 4.98 Å². The molecule has 1 N–H and O–H groups in total. The van der Waals surface area contributed by atoms with Gasteiger partial charge < -0.3 is 14.6 Å². The summed E-state index contributed by atoms with van der Waals surface area (Å²) in [7, 11) is 0. The number of aromatic amines is 1. The lowest BCUT2D eigenvalue weighted by atomic mass is 9.94. The number of H-pyrrole nitrogens is 1. The molecule has 1 saturated carbocycles. The zero-order valence-corrected chi connectivity index (χ0v) is 15.7. The lowest BCUT2D eigenvalue weighted by molar-refractivity contribution is -0.160. The summed E-state index contributed by atoms with van der Waals surface area (Å²) in [6.45, 7) is 4.34. The number of ether oxygens (including phenoxy) is 1. The van der Waals surface area contributed by atoms with Crippen molar-refractivity contribution < 1.29 is 14.3 Å². The average molecular weight is 356 g/mol. The SMILES string of the molecule is CCN(C(=O)C(C)OC(=O)Cc1c[nH]c2ccccc12)C1CCCCC1. The van der Waals surface area contributed by atoms with Crippen LogP contribution in [-0.2, 0) is 20.7 Å². The number of esters is 1. The van der Waals surface area contributed by atoms with E-state index in [1.54, 1.807) is 6.92 Å². The van der Waals surface area contributed by atoms with Gasteiger partial charge in [-0.3, -0.25) is 9.59 Å². The second kappa shape index (κ2) is 8.39. The summed E-state index contributed by atoms with van der Waals surface area (Å²) in [6, 6.07) is 8.13. The fraction of sp³-hybridized carbons (Fsp3) is 0.524. The second-order valence-electron chi connectivity index (χ2n) is 7.08. The maximum atomic E-state index is 12.8. The van der Waals surface area contributed by atoms with Crippen molar-refractivity contribution in [2.75, 3.05) is 6.54 Å². The van der Waals surface area contributed by atoms with Gasteiger partial charge in [0.1, 0.15) is 0 Å². The summed E-state index contributed by atoms with van der Waals surface area (Å²) in [5.74, 6) is -0.443. The van der Waals surface area contributed by atoms with E-state index in [9.17, 15) is 9.59 Å². The van der Waals surface area contributed by atoms with Crippen molar-refractivity contribution in [2.45, 2.75) is 64.5 Å². The fourth-order valence-corrected chi connectivity index (χ4v) is 3.94. The van der Waals surface area contributed by atoms with Crippen LogP contribution in [-0.4, -0.2) is 40.5 Å². The van der Waals surface area contributed by atoms with Crippen LogP contribution in [0.2, 0.25) is 0 Å². The number of rotatable bonds is 6. The quantitative estimate of drug-likeness (QED) is 0.800. The molecule has 26 heavy (non-hydrogen) atoms. The van der Waals surface area contributed by atoms with Gasteiger partial charge in [-0.15, -0.1) is 0 Å². The first-order valence-corrected chi connectivity index (χ1v) is 9.65. The van der Waals surface area contributed by atoms with E-state index < -0.39 is 6.10 Å². The molecule has 2 aromatic rings. The Morgan fingerprint density at radius 2 is 1.96 bits per heavy atom. The van der Waals surface area contributed by atoms with E-state index in [-0.39, 0.29) is 24.3 Å². The molecule has 1 unspecified atom stereocenters. The Kier molecular flexibility index (Phi) is 5.96. The normalized spacial score (nSPS) is 16.4. The summed E-state index contributed by atoms with van der Waals surface area (Å²) in [4.78, 5) is 30.2. The molecule has 1 aromatic carbocycles. The first kappa shape index (κ1) is 18.5. The Labute approximate surface area is 154 Å². The number of likely N-dealkylation sites (N-methyl/N-ethyl adjacent to an activating group) is 1. The molecule has 1 amide bonds. The van der Waals surface area contributed by atoms with E-state index in [0.717, 1.165) is 29.3 Å². The van der Waals surface area contributed by atoms with E-state index in [1.165, 1.54) is 19.3 Å². The van der Waals surface area contributed by atoms with Gasteiger partial charge in [-0.2, -0.15) is 0 Å². The minimum absolute atomic E-state index is 0.0772. The van der Waals surface area contributed by atoms with E-state index in [1.807, 2.05) is 42.3 Å². The van der Waals surface area contributed by atoms with Crippen molar-refractivity contribution in [1.82, 2.24) is 9.88 Å². The van der Waals surface area contributed by atoms with Gasteiger partial charge in [-0.1, -0.05) is 37.5 Å². The first-order valence-electron chi connectivity index (χ1n) is 9.65. The molecule has 3 rings (SSSR count). The molecule has 0 spiro atoms. The predicted octanol–water partition coefficient (Wildman–Crippen LogP) is 3.82. The minimum atomic E-state index is -0.741. The van der Waals surface area contributed by atoms with Gasteiger partial charge >= 0.3 is 5.97 Å². The zero-order valence-electron chi connectivity index (χ0n) is 15.7. The van der Waals surface area contributed by atoms with E-state index >= 15 is 0 Å². The highest BCUT2D eigenvalue weighted by molar-refractivity contribution is 5.88. The Morgan fingerprint density at radius 1 is 1.23 bits per heavy atom. The first-order chi connectivity index (χ1) is 12.6. The monoisotopic (exact) mass is 356 g/mol. The molecular formula is C21H28N2O3. The summed E-state index contributed by atoms with van der Waals surface area (Å²) in [6.07, 6.45) is 6.94. The van der Waals surface area contributed by atoms with Crippen LogP contribution in [0.25, 0.3) is 10.9 Å². The van der Waals surface area contributed by atoms with Gasteiger partial charge in [0, 0.05) is 29.7 Å².